The molecule has 0 aromatic heterocycles. The van der Waals surface area contributed by atoms with Crippen LogP contribution in [0, 0.1) is 0 Å². The number of carbonyl (C=O) groups is 2. The van der Waals surface area contributed by atoms with E-state index < -0.39 is 36.6 Å². The maximum Gasteiger partial charge on any atom is 0.419 e. The van der Waals surface area contributed by atoms with Crippen molar-refractivity contribution in [1.82, 2.24) is 0 Å². The van der Waals surface area contributed by atoms with Crippen molar-refractivity contribution in [1.29, 1.82) is 0 Å². The Morgan fingerprint density at radius 2 is 1.31 bits per heavy atom. The van der Waals surface area contributed by atoms with Gasteiger partial charge in [0.25, 0.3) is 0 Å². The van der Waals surface area contributed by atoms with Gasteiger partial charge in [0.15, 0.2) is 0 Å². The molecule has 2 fully saturated rings. The third-order valence-electron chi connectivity index (χ3n) is 2.22. The Bertz CT molecular complexity index is 279. The van der Waals surface area contributed by atoms with Crippen molar-refractivity contribution in [2.75, 3.05) is 13.2 Å². The van der Waals surface area contributed by atoms with Crippen LogP contribution in [0.15, 0.2) is 0 Å². The molecule has 0 saturated carbocycles. The minimum absolute atomic E-state index is 0.295. The summed E-state index contributed by atoms with van der Waals surface area (Å²) in [5, 5.41) is 0. The van der Waals surface area contributed by atoms with E-state index in [9.17, 15) is 9.59 Å². The monoisotopic (exact) mass is 232 g/mol. The molecular formula is C8H12N2O6. The van der Waals surface area contributed by atoms with E-state index in [1.54, 1.807) is 0 Å². The van der Waals surface area contributed by atoms with Gasteiger partial charge >= 0.3 is 11.9 Å². The molecule has 2 aliphatic rings. The Morgan fingerprint density at radius 1 is 0.938 bits per heavy atom. The van der Waals surface area contributed by atoms with Gasteiger partial charge in [-0.05, 0) is 0 Å². The third-order valence-corrected chi connectivity index (χ3v) is 2.22. The fourth-order valence-electron chi connectivity index (χ4n) is 1.12. The molecule has 0 unspecified atom stereocenters. The van der Waals surface area contributed by atoms with E-state index in [1.165, 1.54) is 0 Å². The Morgan fingerprint density at radius 3 is 1.50 bits per heavy atom. The largest absolute Gasteiger partial charge is 0.426 e. The lowest BCUT2D eigenvalue weighted by molar-refractivity contribution is -0.245. The van der Waals surface area contributed by atoms with Gasteiger partial charge in [0.2, 0.25) is 12.6 Å². The molecule has 0 amide bonds. The molecule has 90 valence electrons. The normalized spacial score (nSPS) is 36.9. The van der Waals surface area contributed by atoms with Gasteiger partial charge in [0, 0.05) is 0 Å². The Hall–Kier alpha value is -1.22. The standard InChI is InChI=1S/C8H12N2O6/c9-3-1-13-7(3)15-5(11)6(12)16-8-4(10)2-14-8/h3-4,7-8H,1-2,9-10H2/t3-,4-,7-,8+/m0/s1. The molecule has 2 aliphatic heterocycles. The van der Waals surface area contributed by atoms with E-state index in [0.29, 0.717) is 13.2 Å². The van der Waals surface area contributed by atoms with Gasteiger partial charge in [-0.1, -0.05) is 0 Å². The van der Waals surface area contributed by atoms with Gasteiger partial charge in [-0.15, -0.1) is 0 Å². The summed E-state index contributed by atoms with van der Waals surface area (Å²) in [7, 11) is 0. The number of ether oxygens (including phenoxy) is 4. The first-order valence-electron chi connectivity index (χ1n) is 4.74. The first-order chi connectivity index (χ1) is 7.58. The predicted molar refractivity (Wildman–Crippen MR) is 47.6 cm³/mol. The SMILES string of the molecule is N[C@H]1CO[C@@H]1OC(=O)C(=O)O[C@@H]1OC[C@@H]1N. The number of hydrogen-bond donors (Lipinski definition) is 2. The highest BCUT2D eigenvalue weighted by atomic mass is 16.8. The van der Waals surface area contributed by atoms with E-state index in [0.717, 1.165) is 0 Å². The average molecular weight is 232 g/mol. The van der Waals surface area contributed by atoms with Crippen molar-refractivity contribution in [2.24, 2.45) is 11.5 Å². The van der Waals surface area contributed by atoms with Crippen LogP contribution in [-0.2, 0) is 28.5 Å². The summed E-state index contributed by atoms with van der Waals surface area (Å²) >= 11 is 0. The van der Waals surface area contributed by atoms with E-state index in [4.69, 9.17) is 20.9 Å². The molecule has 2 saturated heterocycles. The summed E-state index contributed by atoms with van der Waals surface area (Å²) in [6.07, 6.45) is -1.76. The lowest BCUT2D eigenvalue weighted by atomic mass is 10.2. The fraction of sp³-hybridized carbons (Fsp3) is 0.750. The van der Waals surface area contributed by atoms with E-state index in [2.05, 4.69) is 9.47 Å². The fourth-order valence-corrected chi connectivity index (χ4v) is 1.12. The molecule has 4 atom stereocenters. The van der Waals surface area contributed by atoms with Crippen molar-refractivity contribution < 1.29 is 28.5 Å². The summed E-state index contributed by atoms with van der Waals surface area (Å²) in [5.74, 6) is -2.33. The molecule has 0 spiro atoms. The molecule has 0 bridgehead atoms. The lowest BCUT2D eigenvalue weighted by Gasteiger charge is -2.34. The zero-order valence-corrected chi connectivity index (χ0v) is 8.33. The predicted octanol–water partition coefficient (Wildman–Crippen LogP) is -2.56. The summed E-state index contributed by atoms with van der Waals surface area (Å²) in [6.45, 7) is 0.590. The summed E-state index contributed by atoms with van der Waals surface area (Å²) in [5.41, 5.74) is 10.9. The van der Waals surface area contributed by atoms with E-state index >= 15 is 0 Å². The topological polar surface area (TPSA) is 123 Å². The molecule has 0 aliphatic carbocycles. The second kappa shape index (κ2) is 4.34. The van der Waals surface area contributed by atoms with Crippen LogP contribution in [0.2, 0.25) is 0 Å². The van der Waals surface area contributed by atoms with Crippen molar-refractivity contribution >= 4 is 11.9 Å². The van der Waals surface area contributed by atoms with Gasteiger partial charge in [0.05, 0.1) is 25.3 Å². The summed E-state index contributed by atoms with van der Waals surface area (Å²) < 4.78 is 18.8. The molecule has 0 aromatic rings. The lowest BCUT2D eigenvalue weighted by Crippen LogP contribution is -2.56. The Kier molecular flexibility index (Phi) is 3.06. The Labute approximate surface area is 90.7 Å². The van der Waals surface area contributed by atoms with Crippen LogP contribution < -0.4 is 11.5 Å². The highest BCUT2D eigenvalue weighted by Gasteiger charge is 2.38. The minimum atomic E-state index is -1.16. The van der Waals surface area contributed by atoms with Crippen LogP contribution in [0.5, 0.6) is 0 Å². The first kappa shape index (κ1) is 11.3. The van der Waals surface area contributed by atoms with E-state index in [1.807, 2.05) is 0 Å². The van der Waals surface area contributed by atoms with Crippen molar-refractivity contribution in [3.05, 3.63) is 0 Å². The summed E-state index contributed by atoms with van der Waals surface area (Å²) in [4.78, 5) is 22.3. The van der Waals surface area contributed by atoms with Crippen LogP contribution in [0.3, 0.4) is 0 Å². The maximum absolute atomic E-state index is 11.1. The van der Waals surface area contributed by atoms with Gasteiger partial charge in [-0.25, -0.2) is 9.59 Å². The molecule has 2 heterocycles. The highest BCUT2D eigenvalue weighted by Crippen LogP contribution is 2.14. The number of nitrogens with two attached hydrogens (primary N) is 2. The van der Waals surface area contributed by atoms with Gasteiger partial charge in [-0.2, -0.15) is 0 Å². The molecule has 0 radical (unpaired) electrons. The molecular weight excluding hydrogens is 220 g/mol. The smallest absolute Gasteiger partial charge is 0.419 e. The zero-order chi connectivity index (χ0) is 11.7. The van der Waals surface area contributed by atoms with Crippen LogP contribution in [0.1, 0.15) is 0 Å². The van der Waals surface area contributed by atoms with Crippen molar-refractivity contribution in [3.63, 3.8) is 0 Å². The quantitative estimate of drug-likeness (QED) is 0.393. The van der Waals surface area contributed by atoms with Crippen LogP contribution in [0.25, 0.3) is 0 Å². The van der Waals surface area contributed by atoms with Gasteiger partial charge < -0.3 is 30.4 Å². The van der Waals surface area contributed by atoms with Crippen LogP contribution in [0.4, 0.5) is 0 Å². The van der Waals surface area contributed by atoms with Crippen molar-refractivity contribution in [2.45, 2.75) is 24.7 Å². The first-order valence-corrected chi connectivity index (χ1v) is 4.74. The highest BCUT2D eigenvalue weighted by molar-refractivity contribution is 6.29. The minimum Gasteiger partial charge on any atom is -0.426 e. The Balaban J connectivity index is 1.73. The number of hydrogen-bond acceptors (Lipinski definition) is 8. The molecule has 4 N–H and O–H groups in total. The molecule has 8 heteroatoms. The third kappa shape index (κ3) is 2.14. The maximum atomic E-state index is 11.1. The zero-order valence-electron chi connectivity index (χ0n) is 8.33. The van der Waals surface area contributed by atoms with E-state index in [-0.39, 0.29) is 0 Å². The molecule has 2 rings (SSSR count). The second-order valence-electron chi connectivity index (χ2n) is 3.54. The van der Waals surface area contributed by atoms with Crippen LogP contribution in [-0.4, -0.2) is 49.8 Å². The number of carbonyl (C=O) groups excluding carboxylic acids is 2. The van der Waals surface area contributed by atoms with Crippen LogP contribution >= 0.6 is 0 Å². The number of rotatable bonds is 2. The van der Waals surface area contributed by atoms with Gasteiger partial charge in [-0.3, -0.25) is 0 Å². The molecule has 16 heavy (non-hydrogen) atoms. The molecule has 8 nitrogen and oxygen atoms in total. The molecule has 0 aromatic carbocycles. The summed E-state index contributed by atoms with van der Waals surface area (Å²) in [6, 6.07) is -0.807. The second-order valence-corrected chi connectivity index (χ2v) is 3.54. The number of esters is 2. The average Bonchev–Trinajstić information content (AvgIpc) is 2.28. The van der Waals surface area contributed by atoms with Gasteiger partial charge in [0.1, 0.15) is 0 Å². The van der Waals surface area contributed by atoms with Crippen molar-refractivity contribution in [3.8, 4) is 0 Å².